The molecule has 1 unspecified atom stereocenters. The molecule has 0 radical (unpaired) electrons. The maximum absolute atomic E-state index is 13.6. The van der Waals surface area contributed by atoms with Crippen LogP contribution in [0.4, 0.5) is 5.82 Å². The first-order chi connectivity index (χ1) is 15.6. The molecule has 6 rings (SSSR count). The Morgan fingerprint density at radius 1 is 0.875 bits per heavy atom. The lowest BCUT2D eigenvalue weighted by Crippen LogP contribution is -2.38. The number of benzene rings is 3. The number of carbonyl (C=O) groups excluding carboxylic acids is 1. The molecular weight excluding hydrogens is 402 g/mol. The molecule has 6 nitrogen and oxygen atoms in total. The van der Waals surface area contributed by atoms with Crippen molar-refractivity contribution in [3.63, 3.8) is 0 Å². The predicted molar refractivity (Wildman–Crippen MR) is 124 cm³/mol. The van der Waals surface area contributed by atoms with E-state index in [1.807, 2.05) is 67.6 Å². The van der Waals surface area contributed by atoms with E-state index < -0.39 is 17.2 Å². The summed E-state index contributed by atoms with van der Waals surface area (Å²) in [5.74, 6) is -0.253. The smallest absolute Gasteiger partial charge is 0.329 e. The number of nitrogens with one attached hydrogen (secondary N) is 2. The fraction of sp³-hybridized carbons (Fsp3) is 0.115. The molecule has 0 amide bonds. The first-order valence-corrected chi connectivity index (χ1v) is 10.6. The van der Waals surface area contributed by atoms with Crippen LogP contribution in [-0.4, -0.2) is 15.3 Å². The predicted octanol–water partition coefficient (Wildman–Crippen LogP) is 3.87. The van der Waals surface area contributed by atoms with E-state index in [0.717, 1.165) is 21.9 Å². The van der Waals surface area contributed by atoms with E-state index in [9.17, 15) is 14.4 Å². The summed E-state index contributed by atoms with van der Waals surface area (Å²) < 4.78 is 1.52. The zero-order valence-electron chi connectivity index (χ0n) is 17.3. The van der Waals surface area contributed by atoms with Gasteiger partial charge in [0.2, 0.25) is 0 Å². The van der Waals surface area contributed by atoms with Crippen molar-refractivity contribution in [3.05, 3.63) is 115 Å². The Kier molecular flexibility index (Phi) is 3.86. The van der Waals surface area contributed by atoms with Gasteiger partial charge >= 0.3 is 5.69 Å². The average Bonchev–Trinajstić information content (AvgIpc) is 3.10. The summed E-state index contributed by atoms with van der Waals surface area (Å²) in [6, 6.07) is 21.3. The first-order valence-electron chi connectivity index (χ1n) is 10.6. The fourth-order valence-electron chi connectivity index (χ4n) is 5.08. The summed E-state index contributed by atoms with van der Waals surface area (Å²) in [4.78, 5) is 41.9. The number of anilines is 1. The van der Waals surface area contributed by atoms with Crippen molar-refractivity contribution in [2.24, 2.45) is 0 Å². The highest BCUT2D eigenvalue weighted by molar-refractivity contribution is 6.24. The quantitative estimate of drug-likeness (QED) is 0.515. The minimum absolute atomic E-state index is 0.0969. The molecule has 156 valence electrons. The number of hydrogen-bond acceptors (Lipinski definition) is 4. The second-order valence-electron chi connectivity index (χ2n) is 8.06. The minimum atomic E-state index is -0.602. The number of carbonyl (C=O) groups is 1. The highest BCUT2D eigenvalue weighted by Gasteiger charge is 2.42. The Morgan fingerprint density at radius 3 is 2.41 bits per heavy atom. The summed E-state index contributed by atoms with van der Waals surface area (Å²) in [6.45, 7) is 2.23. The zero-order chi connectivity index (χ0) is 22.0. The lowest BCUT2D eigenvalue weighted by molar-refractivity contribution is 0.103. The van der Waals surface area contributed by atoms with E-state index >= 15 is 0 Å². The van der Waals surface area contributed by atoms with Crippen molar-refractivity contribution in [2.45, 2.75) is 19.4 Å². The monoisotopic (exact) mass is 421 g/mol. The molecule has 0 saturated carbocycles. The molecule has 6 heteroatoms. The number of fused-ring (bicyclic) bond motifs is 4. The molecule has 0 bridgehead atoms. The molecule has 1 aromatic heterocycles. The van der Waals surface area contributed by atoms with Gasteiger partial charge in [-0.15, -0.1) is 0 Å². The lowest BCUT2D eigenvalue weighted by Gasteiger charge is -2.30. The second-order valence-corrected chi connectivity index (χ2v) is 8.06. The van der Waals surface area contributed by atoms with E-state index in [1.165, 1.54) is 4.57 Å². The van der Waals surface area contributed by atoms with E-state index in [0.29, 0.717) is 34.8 Å². The summed E-state index contributed by atoms with van der Waals surface area (Å²) in [6.07, 6.45) is 0. The molecule has 1 aliphatic carbocycles. The molecule has 2 heterocycles. The summed E-state index contributed by atoms with van der Waals surface area (Å²) in [5, 5.41) is 5.29. The maximum Gasteiger partial charge on any atom is 0.329 e. The fourth-order valence-corrected chi connectivity index (χ4v) is 5.08. The molecule has 3 aromatic carbocycles. The van der Waals surface area contributed by atoms with E-state index in [4.69, 9.17) is 0 Å². The molecule has 2 N–H and O–H groups in total. The van der Waals surface area contributed by atoms with E-state index in [2.05, 4.69) is 10.3 Å². The van der Waals surface area contributed by atoms with Crippen molar-refractivity contribution < 1.29 is 4.79 Å². The van der Waals surface area contributed by atoms with Gasteiger partial charge in [-0.05, 0) is 23.3 Å². The third-order valence-corrected chi connectivity index (χ3v) is 6.46. The topological polar surface area (TPSA) is 84.0 Å². The number of ketones is 1. The van der Waals surface area contributed by atoms with Crippen LogP contribution in [0.15, 0.2) is 81.9 Å². The van der Waals surface area contributed by atoms with Gasteiger partial charge in [0.15, 0.2) is 5.78 Å². The number of hydrogen-bond donors (Lipinski definition) is 2. The van der Waals surface area contributed by atoms with Gasteiger partial charge in [-0.25, -0.2) is 4.79 Å². The second kappa shape index (κ2) is 6.65. The average molecular weight is 421 g/mol. The van der Waals surface area contributed by atoms with Gasteiger partial charge in [0.25, 0.3) is 5.56 Å². The lowest BCUT2D eigenvalue weighted by atomic mass is 9.79. The molecule has 1 atom stereocenters. The van der Waals surface area contributed by atoms with Crippen LogP contribution in [0.1, 0.15) is 39.9 Å². The van der Waals surface area contributed by atoms with Crippen molar-refractivity contribution in [3.8, 4) is 0 Å². The number of aromatic amines is 1. The number of aromatic nitrogens is 2. The molecular formula is C26H19N3O3. The number of rotatable bonds is 2. The van der Waals surface area contributed by atoms with Crippen molar-refractivity contribution in [1.82, 2.24) is 9.55 Å². The van der Waals surface area contributed by atoms with E-state index in [1.54, 1.807) is 6.07 Å². The van der Waals surface area contributed by atoms with Crippen LogP contribution in [0, 0.1) is 0 Å². The third-order valence-electron chi connectivity index (χ3n) is 6.46. The highest BCUT2D eigenvalue weighted by atomic mass is 16.2. The van der Waals surface area contributed by atoms with Crippen LogP contribution >= 0.6 is 0 Å². The van der Waals surface area contributed by atoms with Crippen LogP contribution in [-0.2, 0) is 6.54 Å². The molecule has 2 aliphatic rings. The summed E-state index contributed by atoms with van der Waals surface area (Å²) in [5.41, 5.74) is 2.92. The molecule has 0 saturated heterocycles. The zero-order valence-corrected chi connectivity index (χ0v) is 17.3. The molecule has 0 fully saturated rings. The number of Topliss-reactive ketones (excluding diaryl/α,β-unsaturated/α-hetero) is 1. The maximum atomic E-state index is 13.6. The molecule has 1 aliphatic heterocycles. The normalized spacial score (nSPS) is 16.5. The Labute approximate surface area is 182 Å². The minimum Gasteiger partial charge on any atom is -0.340 e. The van der Waals surface area contributed by atoms with E-state index in [-0.39, 0.29) is 5.78 Å². The summed E-state index contributed by atoms with van der Waals surface area (Å²) >= 11 is 0. The molecule has 0 spiro atoms. The van der Waals surface area contributed by atoms with Crippen molar-refractivity contribution >= 4 is 28.1 Å². The Balaban J connectivity index is 1.76. The summed E-state index contributed by atoms with van der Waals surface area (Å²) in [7, 11) is 0. The third kappa shape index (κ3) is 2.37. The molecule has 32 heavy (non-hydrogen) atoms. The van der Waals surface area contributed by atoms with Gasteiger partial charge < -0.3 is 5.32 Å². The SMILES string of the molecule is CCn1c2c(c(=O)[nH]c1=O)C(c1cccc3ccccc13)C1=C(N2)c2ccccc2C1=O. The van der Waals surface area contributed by atoms with Gasteiger partial charge in [0.05, 0.1) is 11.3 Å². The Hall–Kier alpha value is -4.19. The van der Waals surface area contributed by atoms with Gasteiger partial charge in [-0.3, -0.25) is 19.1 Å². The number of H-pyrrole nitrogens is 1. The van der Waals surface area contributed by atoms with Crippen LogP contribution in [0.5, 0.6) is 0 Å². The Bertz CT molecular complexity index is 1600. The van der Waals surface area contributed by atoms with Gasteiger partial charge in [-0.1, -0.05) is 66.7 Å². The number of nitrogens with zero attached hydrogens (tertiary/aromatic N) is 1. The van der Waals surface area contributed by atoms with Crippen molar-refractivity contribution in [1.29, 1.82) is 0 Å². The standard InChI is InChI=1S/C26H19N3O3/c1-2-29-24-21(25(31)28-26(29)32)19(16-13-7-9-14-8-3-4-10-15(14)16)20-22(27-24)17-11-5-6-12-18(17)23(20)30/h3-13,19,27H,2H2,1H3,(H,28,31,32). The van der Waals surface area contributed by atoms with Crippen molar-refractivity contribution in [2.75, 3.05) is 5.32 Å². The van der Waals surface area contributed by atoms with Crippen LogP contribution in [0.2, 0.25) is 0 Å². The molecule has 4 aromatic rings. The van der Waals surface area contributed by atoms with Gasteiger partial charge in [0.1, 0.15) is 5.82 Å². The Morgan fingerprint density at radius 2 is 1.59 bits per heavy atom. The van der Waals surface area contributed by atoms with Gasteiger partial charge in [-0.2, -0.15) is 0 Å². The van der Waals surface area contributed by atoms with Crippen LogP contribution in [0.3, 0.4) is 0 Å². The largest absolute Gasteiger partial charge is 0.340 e. The van der Waals surface area contributed by atoms with Crippen LogP contribution in [0.25, 0.3) is 16.5 Å². The van der Waals surface area contributed by atoms with Gasteiger partial charge in [0, 0.05) is 29.2 Å². The highest BCUT2D eigenvalue weighted by Crippen LogP contribution is 2.48. The number of allylic oxidation sites excluding steroid dienone is 1. The van der Waals surface area contributed by atoms with Crippen LogP contribution < -0.4 is 16.6 Å². The first kappa shape index (κ1) is 18.6.